The number of β-amino-alcohol motifs (C(OH)–C–C–N with tert-alkyl or cyclic N) is 1. The number of aromatic nitrogens is 2. The topological polar surface area (TPSA) is 134 Å². The molecule has 2 aliphatic heterocycles. The monoisotopic (exact) mass is 652 g/mol. The minimum atomic E-state index is -4.72. The van der Waals surface area contributed by atoms with E-state index in [4.69, 9.17) is 10.8 Å². The standard InChI is InChI=1S/C30H36F4N6O4S/c1-45(43,44)39-13-10-27-25(18-39)28(37-40(27)17-24(41)16-38-11-8-23(35)9-12-38)20-4-7-26(30(32,33)34)21(14-20)15-36-29(42)19-2-5-22(31)6-3-19/h2-7,14,23-24,41H,8-13,15-18,35H2,1H3,(H,36,42). The first-order valence-electron chi connectivity index (χ1n) is 14.6. The van der Waals surface area contributed by atoms with Gasteiger partial charge in [0.1, 0.15) is 5.82 Å². The highest BCUT2D eigenvalue weighted by Gasteiger charge is 2.35. The normalized spacial score (nSPS) is 17.7. The van der Waals surface area contributed by atoms with Crippen LogP contribution in [0.5, 0.6) is 0 Å². The Bertz CT molecular complexity index is 1640. The highest BCUT2D eigenvalue weighted by molar-refractivity contribution is 7.88. The smallest absolute Gasteiger partial charge is 0.390 e. The van der Waals surface area contributed by atoms with Gasteiger partial charge in [-0.05, 0) is 67.9 Å². The Kier molecular flexibility index (Phi) is 9.65. The van der Waals surface area contributed by atoms with Crippen molar-refractivity contribution in [1.29, 1.82) is 0 Å². The maximum atomic E-state index is 14.0. The molecule has 244 valence electrons. The largest absolute Gasteiger partial charge is 0.416 e. The van der Waals surface area contributed by atoms with Gasteiger partial charge in [-0.3, -0.25) is 9.48 Å². The van der Waals surface area contributed by atoms with Gasteiger partial charge in [0, 0.05) is 61.0 Å². The van der Waals surface area contributed by atoms with Crippen molar-refractivity contribution in [3.8, 4) is 11.3 Å². The molecule has 0 aliphatic carbocycles. The van der Waals surface area contributed by atoms with Crippen molar-refractivity contribution in [2.24, 2.45) is 5.73 Å². The van der Waals surface area contributed by atoms with Crippen LogP contribution in [0.3, 0.4) is 0 Å². The molecule has 5 rings (SSSR count). The van der Waals surface area contributed by atoms with E-state index in [1.54, 1.807) is 4.68 Å². The molecule has 1 unspecified atom stereocenters. The number of hydrogen-bond donors (Lipinski definition) is 3. The van der Waals surface area contributed by atoms with Crippen molar-refractivity contribution in [3.05, 3.63) is 76.2 Å². The number of aliphatic hydroxyl groups is 1. The summed E-state index contributed by atoms with van der Waals surface area (Å²) in [7, 11) is -3.58. The van der Waals surface area contributed by atoms with Gasteiger partial charge in [0.2, 0.25) is 10.0 Å². The molecule has 1 aromatic heterocycles. The third-order valence-corrected chi connectivity index (χ3v) is 9.53. The van der Waals surface area contributed by atoms with E-state index in [0.717, 1.165) is 50.4 Å². The summed E-state index contributed by atoms with van der Waals surface area (Å²) in [6.07, 6.45) is -2.46. The lowest BCUT2D eigenvalue weighted by molar-refractivity contribution is -0.138. The SMILES string of the molecule is CS(=O)(=O)N1CCc2c(c(-c3ccc(C(F)(F)F)c(CNC(=O)c4ccc(F)cc4)c3)nn2CC(O)CN2CCC(N)CC2)C1. The lowest BCUT2D eigenvalue weighted by atomic mass is 9.97. The van der Waals surface area contributed by atoms with Gasteiger partial charge in [-0.25, -0.2) is 12.8 Å². The van der Waals surface area contributed by atoms with Gasteiger partial charge >= 0.3 is 6.18 Å². The molecule has 0 saturated carbocycles. The van der Waals surface area contributed by atoms with Crippen molar-refractivity contribution < 1.29 is 35.9 Å². The third kappa shape index (κ3) is 7.90. The fourth-order valence-corrected chi connectivity index (χ4v) is 6.65. The Morgan fingerprint density at radius 1 is 1.11 bits per heavy atom. The summed E-state index contributed by atoms with van der Waals surface area (Å²) in [5, 5.41) is 18.1. The van der Waals surface area contributed by atoms with Crippen LogP contribution in [-0.2, 0) is 42.3 Å². The van der Waals surface area contributed by atoms with Crippen LogP contribution in [0.25, 0.3) is 11.3 Å². The molecule has 3 aromatic rings. The second-order valence-corrected chi connectivity index (χ2v) is 13.6. The Balaban J connectivity index is 1.46. The summed E-state index contributed by atoms with van der Waals surface area (Å²) in [5.41, 5.74) is 6.75. The lowest BCUT2D eigenvalue weighted by Gasteiger charge is -2.31. The molecule has 0 radical (unpaired) electrons. The van der Waals surface area contributed by atoms with E-state index in [1.165, 1.54) is 28.6 Å². The number of nitrogens with two attached hydrogens (primary N) is 1. The minimum absolute atomic E-state index is 0.0265. The number of amides is 1. The van der Waals surface area contributed by atoms with E-state index in [2.05, 4.69) is 10.2 Å². The van der Waals surface area contributed by atoms with Crippen molar-refractivity contribution in [3.63, 3.8) is 0 Å². The number of carbonyl (C=O) groups excluding carboxylic acids is 1. The van der Waals surface area contributed by atoms with Gasteiger partial charge in [-0.2, -0.15) is 22.6 Å². The molecule has 4 N–H and O–H groups in total. The molecule has 10 nitrogen and oxygen atoms in total. The quantitative estimate of drug-likeness (QED) is 0.303. The third-order valence-electron chi connectivity index (χ3n) is 8.28. The maximum Gasteiger partial charge on any atom is 0.416 e. The molecule has 1 atom stereocenters. The first-order chi connectivity index (χ1) is 21.2. The summed E-state index contributed by atoms with van der Waals surface area (Å²) < 4.78 is 83.0. The Hall–Kier alpha value is -3.37. The fourth-order valence-electron chi connectivity index (χ4n) is 5.87. The zero-order valence-corrected chi connectivity index (χ0v) is 25.5. The van der Waals surface area contributed by atoms with Crippen LogP contribution < -0.4 is 11.1 Å². The number of alkyl halides is 3. The van der Waals surface area contributed by atoms with Gasteiger partial charge in [0.25, 0.3) is 5.91 Å². The van der Waals surface area contributed by atoms with Gasteiger partial charge in [0.15, 0.2) is 0 Å². The van der Waals surface area contributed by atoms with E-state index in [1.807, 2.05) is 0 Å². The number of halogens is 4. The number of likely N-dealkylation sites (tertiary alicyclic amines) is 1. The molecule has 0 bridgehead atoms. The molecule has 2 aromatic carbocycles. The van der Waals surface area contributed by atoms with Crippen molar-refractivity contribution in [1.82, 2.24) is 24.3 Å². The molecule has 1 saturated heterocycles. The Labute approximate surface area is 258 Å². The van der Waals surface area contributed by atoms with Crippen molar-refractivity contribution in [2.75, 3.05) is 32.4 Å². The summed E-state index contributed by atoms with van der Waals surface area (Å²) in [6, 6.07) is 8.22. The van der Waals surface area contributed by atoms with Crippen molar-refractivity contribution in [2.45, 2.75) is 57.2 Å². The van der Waals surface area contributed by atoms with E-state index in [0.29, 0.717) is 35.5 Å². The number of fused-ring (bicyclic) bond motifs is 1. The molecule has 0 spiro atoms. The van der Waals surface area contributed by atoms with Gasteiger partial charge < -0.3 is 21.1 Å². The van der Waals surface area contributed by atoms with Crippen LogP contribution in [0.4, 0.5) is 17.6 Å². The minimum Gasteiger partial charge on any atom is -0.390 e. The molecular formula is C30H36F4N6O4S. The Morgan fingerprint density at radius 3 is 2.44 bits per heavy atom. The number of piperidine rings is 1. The Morgan fingerprint density at radius 2 is 1.80 bits per heavy atom. The predicted octanol–water partition coefficient (Wildman–Crippen LogP) is 2.74. The summed E-state index contributed by atoms with van der Waals surface area (Å²) in [4.78, 5) is 14.7. The average Bonchev–Trinajstić information content (AvgIpc) is 3.33. The number of nitrogens with zero attached hydrogens (tertiary/aromatic N) is 4. The zero-order chi connectivity index (χ0) is 32.5. The van der Waals surface area contributed by atoms with E-state index >= 15 is 0 Å². The van der Waals surface area contributed by atoms with Crippen LogP contribution in [-0.4, -0.2) is 83.0 Å². The second-order valence-electron chi connectivity index (χ2n) is 11.7. The highest BCUT2D eigenvalue weighted by atomic mass is 32.2. The van der Waals surface area contributed by atoms with E-state index in [-0.39, 0.29) is 36.8 Å². The average molecular weight is 653 g/mol. The number of benzene rings is 2. The lowest BCUT2D eigenvalue weighted by Crippen LogP contribution is -2.44. The molecule has 15 heteroatoms. The predicted molar refractivity (Wildman–Crippen MR) is 159 cm³/mol. The summed E-state index contributed by atoms with van der Waals surface area (Å²) >= 11 is 0. The number of nitrogens with one attached hydrogen (secondary N) is 1. The van der Waals surface area contributed by atoms with E-state index in [9.17, 15) is 35.9 Å². The highest BCUT2D eigenvalue weighted by Crippen LogP contribution is 2.37. The van der Waals surface area contributed by atoms with Crippen molar-refractivity contribution >= 4 is 15.9 Å². The molecular weight excluding hydrogens is 616 g/mol. The molecule has 1 fully saturated rings. The van der Waals surface area contributed by atoms with Crippen LogP contribution in [0, 0.1) is 5.82 Å². The molecule has 1 amide bonds. The number of hydrogen-bond acceptors (Lipinski definition) is 7. The van der Waals surface area contributed by atoms with Crippen LogP contribution in [0.15, 0.2) is 42.5 Å². The second kappa shape index (κ2) is 13.2. The first kappa shape index (κ1) is 33.0. The fraction of sp³-hybridized carbons (Fsp3) is 0.467. The molecule has 3 heterocycles. The number of sulfonamides is 1. The first-order valence-corrected chi connectivity index (χ1v) is 16.5. The number of aliphatic hydroxyl groups excluding tert-OH is 1. The van der Waals surface area contributed by atoms with E-state index < -0.39 is 46.1 Å². The van der Waals surface area contributed by atoms with Gasteiger partial charge in [-0.15, -0.1) is 0 Å². The zero-order valence-electron chi connectivity index (χ0n) is 24.7. The summed E-state index contributed by atoms with van der Waals surface area (Å²) in [6.45, 7) is 1.73. The van der Waals surface area contributed by atoms with Crippen LogP contribution in [0.2, 0.25) is 0 Å². The molecule has 2 aliphatic rings. The molecule has 45 heavy (non-hydrogen) atoms. The van der Waals surface area contributed by atoms with Crippen LogP contribution in [0.1, 0.15) is 45.6 Å². The number of rotatable bonds is 9. The maximum absolute atomic E-state index is 14.0. The van der Waals surface area contributed by atoms with Gasteiger partial charge in [0.05, 0.1) is 30.2 Å². The van der Waals surface area contributed by atoms with Crippen LogP contribution >= 0.6 is 0 Å². The summed E-state index contributed by atoms with van der Waals surface area (Å²) in [5.74, 6) is -1.23. The number of carbonyl (C=O) groups is 1. The van der Waals surface area contributed by atoms with Gasteiger partial charge in [-0.1, -0.05) is 6.07 Å².